The fraction of sp³-hybridized carbons (Fsp3) is 0.667. The van der Waals surface area contributed by atoms with Gasteiger partial charge in [0.15, 0.2) is 0 Å². The molecule has 0 aliphatic carbocycles. The molecule has 0 heterocycles. The van der Waals surface area contributed by atoms with Crippen LogP contribution in [0.25, 0.3) is 0 Å². The number of halogens is 2. The molecule has 3 heteroatoms. The van der Waals surface area contributed by atoms with E-state index in [1.807, 2.05) is 0 Å². The van der Waals surface area contributed by atoms with Crippen LogP contribution in [-0.4, -0.2) is 7.42 Å². The summed E-state index contributed by atoms with van der Waals surface area (Å²) in [4.78, 5) is 0. The van der Waals surface area contributed by atoms with Crippen LogP contribution in [0.4, 0.5) is 0 Å². The Morgan fingerprint density at radius 1 is 0.952 bits per heavy atom. The molecule has 1 aromatic carbocycles. The van der Waals surface area contributed by atoms with Crippen molar-refractivity contribution in [2.45, 2.75) is 77.2 Å². The molecule has 21 heavy (non-hydrogen) atoms. The van der Waals surface area contributed by atoms with Crippen molar-refractivity contribution < 1.29 is 0 Å². The first kappa shape index (κ1) is 19.1. The van der Waals surface area contributed by atoms with Crippen molar-refractivity contribution in [3.8, 4) is 0 Å². The van der Waals surface area contributed by atoms with Gasteiger partial charge in [-0.15, -0.1) is 22.2 Å². The molecule has 0 spiro atoms. The minimum Gasteiger partial charge on any atom is -0.150 e. The maximum Gasteiger partial charge on any atom is 0.244 e. The van der Waals surface area contributed by atoms with Gasteiger partial charge in [0, 0.05) is 5.54 Å². The maximum absolute atomic E-state index is 6.35. The summed E-state index contributed by atoms with van der Waals surface area (Å²) >= 11 is 12.7. The highest BCUT2D eigenvalue weighted by molar-refractivity contribution is 7.34. The van der Waals surface area contributed by atoms with Crippen LogP contribution in [-0.2, 0) is 5.41 Å². The number of unbranched alkanes of at least 4 members (excludes halogenated alkanes) is 4. The topological polar surface area (TPSA) is 0 Å². The first-order valence-corrected chi connectivity index (χ1v) is 12.4. The SMILES string of the molecule is CCCCCCCC(c1ccc(C(C)(C)C)cc1)[SiH](Cl)Cl. The van der Waals surface area contributed by atoms with Crippen LogP contribution >= 0.6 is 22.2 Å². The molecule has 1 unspecified atom stereocenters. The summed E-state index contributed by atoms with van der Waals surface area (Å²) in [7, 11) is -1.68. The molecule has 0 aliphatic heterocycles. The van der Waals surface area contributed by atoms with Gasteiger partial charge >= 0.3 is 0 Å². The molecule has 0 radical (unpaired) electrons. The van der Waals surface area contributed by atoms with Gasteiger partial charge in [-0.1, -0.05) is 84.1 Å². The van der Waals surface area contributed by atoms with E-state index in [1.165, 1.54) is 43.2 Å². The lowest BCUT2D eigenvalue weighted by atomic mass is 9.86. The van der Waals surface area contributed by atoms with Crippen molar-refractivity contribution in [1.82, 2.24) is 0 Å². The zero-order chi connectivity index (χ0) is 15.9. The van der Waals surface area contributed by atoms with Crippen LogP contribution in [0.2, 0.25) is 0 Å². The number of hydrogen-bond acceptors (Lipinski definition) is 0. The molecule has 0 saturated carbocycles. The van der Waals surface area contributed by atoms with Crippen LogP contribution < -0.4 is 0 Å². The molecular formula is C18H30Cl2Si. The smallest absolute Gasteiger partial charge is 0.150 e. The lowest BCUT2D eigenvalue weighted by Gasteiger charge is -2.22. The van der Waals surface area contributed by atoms with Crippen LogP contribution in [0.5, 0.6) is 0 Å². The fourth-order valence-corrected chi connectivity index (χ4v) is 5.27. The minimum atomic E-state index is -1.68. The summed E-state index contributed by atoms with van der Waals surface area (Å²) in [5.41, 5.74) is 3.30. The summed E-state index contributed by atoms with van der Waals surface area (Å²) in [6.07, 6.45) is 7.66. The Bertz CT molecular complexity index is 393. The van der Waals surface area contributed by atoms with Crippen LogP contribution in [0.1, 0.15) is 82.9 Å². The van der Waals surface area contributed by atoms with Gasteiger partial charge in [0.2, 0.25) is 7.42 Å². The van der Waals surface area contributed by atoms with E-state index >= 15 is 0 Å². The molecule has 0 saturated heterocycles. The molecule has 0 nitrogen and oxygen atoms in total. The summed E-state index contributed by atoms with van der Waals surface area (Å²) in [6.45, 7) is 8.98. The van der Waals surface area contributed by atoms with Crippen molar-refractivity contribution in [3.05, 3.63) is 35.4 Å². The van der Waals surface area contributed by atoms with Gasteiger partial charge < -0.3 is 0 Å². The molecule has 0 bridgehead atoms. The van der Waals surface area contributed by atoms with Gasteiger partial charge in [-0.05, 0) is 23.0 Å². The van der Waals surface area contributed by atoms with Crippen molar-refractivity contribution in [2.75, 3.05) is 0 Å². The molecule has 120 valence electrons. The third kappa shape index (κ3) is 6.75. The van der Waals surface area contributed by atoms with E-state index in [2.05, 4.69) is 52.0 Å². The molecule has 0 aromatic heterocycles. The van der Waals surface area contributed by atoms with Gasteiger partial charge in [-0.3, -0.25) is 0 Å². The summed E-state index contributed by atoms with van der Waals surface area (Å²) < 4.78 is 0. The van der Waals surface area contributed by atoms with E-state index in [0.717, 1.165) is 6.42 Å². The predicted molar refractivity (Wildman–Crippen MR) is 100 cm³/mol. The second kappa shape index (κ2) is 9.22. The maximum atomic E-state index is 6.35. The van der Waals surface area contributed by atoms with Crippen LogP contribution in [0.15, 0.2) is 24.3 Å². The Morgan fingerprint density at radius 2 is 1.52 bits per heavy atom. The van der Waals surface area contributed by atoms with Crippen molar-refractivity contribution >= 4 is 29.6 Å². The van der Waals surface area contributed by atoms with Crippen LogP contribution in [0, 0.1) is 0 Å². The quantitative estimate of drug-likeness (QED) is 0.280. The number of rotatable bonds is 8. The van der Waals surface area contributed by atoms with Crippen LogP contribution in [0.3, 0.4) is 0 Å². The summed E-state index contributed by atoms with van der Waals surface area (Å²) in [5, 5.41) is 0. The third-order valence-corrected chi connectivity index (χ3v) is 7.28. The molecule has 0 fully saturated rings. The van der Waals surface area contributed by atoms with E-state index in [-0.39, 0.29) is 5.41 Å². The van der Waals surface area contributed by atoms with Crippen molar-refractivity contribution in [1.29, 1.82) is 0 Å². The van der Waals surface area contributed by atoms with Gasteiger partial charge in [0.1, 0.15) is 0 Å². The minimum absolute atomic E-state index is 0.201. The summed E-state index contributed by atoms with van der Waals surface area (Å²) in [5.74, 6) is 0. The first-order valence-electron chi connectivity index (χ1n) is 8.25. The average molecular weight is 345 g/mol. The predicted octanol–water partition coefficient (Wildman–Crippen LogP) is 6.67. The van der Waals surface area contributed by atoms with E-state index in [1.54, 1.807) is 0 Å². The Labute approximate surface area is 142 Å². The normalized spacial score (nSPS) is 13.7. The average Bonchev–Trinajstić information content (AvgIpc) is 2.41. The molecule has 0 aliphatic rings. The van der Waals surface area contributed by atoms with Crippen molar-refractivity contribution in [3.63, 3.8) is 0 Å². The first-order chi connectivity index (χ1) is 9.86. The Balaban J connectivity index is 2.64. The number of hydrogen-bond donors (Lipinski definition) is 0. The fourth-order valence-electron chi connectivity index (χ4n) is 2.64. The highest BCUT2D eigenvalue weighted by Gasteiger charge is 2.22. The van der Waals surface area contributed by atoms with Gasteiger partial charge in [0.25, 0.3) is 0 Å². The molecule has 0 amide bonds. The number of benzene rings is 1. The van der Waals surface area contributed by atoms with E-state index in [4.69, 9.17) is 22.2 Å². The molecular weight excluding hydrogens is 315 g/mol. The van der Waals surface area contributed by atoms with E-state index < -0.39 is 7.42 Å². The van der Waals surface area contributed by atoms with Gasteiger partial charge in [0.05, 0.1) is 0 Å². The largest absolute Gasteiger partial charge is 0.244 e. The van der Waals surface area contributed by atoms with E-state index in [0.29, 0.717) is 5.54 Å². The van der Waals surface area contributed by atoms with E-state index in [9.17, 15) is 0 Å². The highest BCUT2D eigenvalue weighted by atomic mass is 35.7. The Kier molecular flexibility index (Phi) is 8.37. The summed E-state index contributed by atoms with van der Waals surface area (Å²) in [6, 6.07) is 8.96. The lowest BCUT2D eigenvalue weighted by molar-refractivity contribution is 0.588. The zero-order valence-electron chi connectivity index (χ0n) is 14.0. The monoisotopic (exact) mass is 344 g/mol. The third-order valence-electron chi connectivity index (χ3n) is 4.13. The van der Waals surface area contributed by atoms with Gasteiger partial charge in [-0.2, -0.15) is 0 Å². The molecule has 1 rings (SSSR count). The Morgan fingerprint density at radius 3 is 2.00 bits per heavy atom. The molecule has 0 N–H and O–H groups in total. The van der Waals surface area contributed by atoms with Gasteiger partial charge in [-0.25, -0.2) is 0 Å². The lowest BCUT2D eigenvalue weighted by Crippen LogP contribution is -2.14. The Hall–Kier alpha value is 0.0169. The highest BCUT2D eigenvalue weighted by Crippen LogP contribution is 2.31. The van der Waals surface area contributed by atoms with Crippen molar-refractivity contribution in [2.24, 2.45) is 0 Å². The zero-order valence-corrected chi connectivity index (χ0v) is 16.6. The molecule has 1 aromatic rings. The second-order valence-corrected chi connectivity index (χ2v) is 12.0. The molecule has 1 atom stereocenters. The standard InChI is InChI=1S/C18H30Cl2Si/c1-5-6-7-8-9-10-17(21(19)20)15-11-13-16(14-12-15)18(2,3)4/h11-14,17,21H,5-10H2,1-4H3. The second-order valence-electron chi connectivity index (χ2n) is 7.02.